The lowest BCUT2D eigenvalue weighted by molar-refractivity contribution is -0.0552. The van der Waals surface area contributed by atoms with Crippen LogP contribution in [0, 0.1) is 0 Å². The van der Waals surface area contributed by atoms with Crippen LogP contribution in [0.3, 0.4) is 0 Å². The van der Waals surface area contributed by atoms with Gasteiger partial charge >= 0.3 is 6.03 Å². The van der Waals surface area contributed by atoms with Crippen LogP contribution in [0.1, 0.15) is 20.3 Å². The average molecular weight is 343 g/mol. The summed E-state index contributed by atoms with van der Waals surface area (Å²) in [7, 11) is 0. The summed E-state index contributed by atoms with van der Waals surface area (Å²) in [6.45, 7) is 9.70. The van der Waals surface area contributed by atoms with Crippen LogP contribution >= 0.6 is 11.8 Å². The predicted octanol–water partition coefficient (Wildman–Crippen LogP) is 1.01. The normalized spacial score (nSPS) is 36.2. The molecule has 3 fully saturated rings. The van der Waals surface area contributed by atoms with Gasteiger partial charge in [-0.3, -0.25) is 4.90 Å². The topological polar surface area (TPSA) is 54.0 Å². The Kier molecular flexibility index (Phi) is 5.72. The van der Waals surface area contributed by atoms with E-state index in [4.69, 9.17) is 9.47 Å². The molecule has 3 aliphatic heterocycles. The number of carbonyl (C=O) groups excluding carboxylic acids is 1. The van der Waals surface area contributed by atoms with Crippen molar-refractivity contribution in [3.8, 4) is 0 Å². The first-order chi connectivity index (χ1) is 11.1. The molecule has 0 radical (unpaired) electrons. The van der Waals surface area contributed by atoms with Crippen LogP contribution in [0.2, 0.25) is 0 Å². The van der Waals surface area contributed by atoms with E-state index in [2.05, 4.69) is 10.2 Å². The fourth-order valence-corrected chi connectivity index (χ4v) is 5.31. The number of urea groups is 1. The van der Waals surface area contributed by atoms with E-state index in [1.807, 2.05) is 30.5 Å². The monoisotopic (exact) mass is 343 g/mol. The molecule has 3 rings (SSSR count). The van der Waals surface area contributed by atoms with Gasteiger partial charge in [0.05, 0.1) is 25.4 Å². The quantitative estimate of drug-likeness (QED) is 0.829. The molecule has 3 atom stereocenters. The Morgan fingerprint density at radius 2 is 1.96 bits per heavy atom. The molecule has 6 nitrogen and oxygen atoms in total. The van der Waals surface area contributed by atoms with Crippen molar-refractivity contribution >= 4 is 17.8 Å². The van der Waals surface area contributed by atoms with Gasteiger partial charge in [-0.2, -0.15) is 11.8 Å². The number of thioether (sulfide) groups is 1. The third kappa shape index (κ3) is 4.13. The molecule has 0 saturated carbocycles. The van der Waals surface area contributed by atoms with Crippen molar-refractivity contribution in [2.24, 2.45) is 0 Å². The molecule has 0 aromatic heterocycles. The van der Waals surface area contributed by atoms with Gasteiger partial charge in [0.25, 0.3) is 0 Å². The minimum atomic E-state index is 0.0523. The zero-order valence-corrected chi connectivity index (χ0v) is 15.1. The van der Waals surface area contributed by atoms with Gasteiger partial charge in [-0.05, 0) is 26.0 Å². The van der Waals surface area contributed by atoms with Gasteiger partial charge in [0.1, 0.15) is 0 Å². The highest BCUT2D eigenvalue weighted by molar-refractivity contribution is 7.99. The van der Waals surface area contributed by atoms with E-state index in [-0.39, 0.29) is 23.8 Å². The summed E-state index contributed by atoms with van der Waals surface area (Å²) >= 11 is 2.00. The van der Waals surface area contributed by atoms with Gasteiger partial charge in [0, 0.05) is 44.0 Å². The standard InChI is InChI=1S/C16H29N3O3S/c1-13-9-18(10-14(2)22-13)15(20)17-11-16(3-8-23-12-16)19-4-6-21-7-5-19/h13-14H,3-12H2,1-2H3,(H,17,20)/t13-,14+,16-/m1/s1. The van der Waals surface area contributed by atoms with Crippen LogP contribution < -0.4 is 5.32 Å². The zero-order chi connectivity index (χ0) is 16.3. The van der Waals surface area contributed by atoms with Crippen LogP contribution in [0.25, 0.3) is 0 Å². The maximum Gasteiger partial charge on any atom is 0.317 e. The molecule has 0 aromatic rings. The number of carbonyl (C=O) groups is 1. The molecule has 0 unspecified atom stereocenters. The number of morpholine rings is 2. The van der Waals surface area contributed by atoms with Crippen LogP contribution in [-0.2, 0) is 9.47 Å². The molecule has 0 aliphatic carbocycles. The molecule has 2 amide bonds. The summed E-state index contributed by atoms with van der Waals surface area (Å²) in [5, 5.41) is 3.21. The maximum atomic E-state index is 12.6. The van der Waals surface area contributed by atoms with Crippen molar-refractivity contribution in [1.82, 2.24) is 15.1 Å². The van der Waals surface area contributed by atoms with Gasteiger partial charge < -0.3 is 19.7 Å². The van der Waals surface area contributed by atoms with E-state index in [0.29, 0.717) is 13.1 Å². The van der Waals surface area contributed by atoms with Crippen molar-refractivity contribution < 1.29 is 14.3 Å². The number of amides is 2. The van der Waals surface area contributed by atoms with Gasteiger partial charge in [-0.1, -0.05) is 0 Å². The van der Waals surface area contributed by atoms with Crippen LogP contribution in [0.4, 0.5) is 4.79 Å². The van der Waals surface area contributed by atoms with Crippen LogP contribution in [-0.4, -0.2) is 91.0 Å². The lowest BCUT2D eigenvalue weighted by atomic mass is 9.95. The number of nitrogens with zero attached hydrogens (tertiary/aromatic N) is 2. The zero-order valence-electron chi connectivity index (χ0n) is 14.3. The lowest BCUT2D eigenvalue weighted by Crippen LogP contribution is -2.61. The second-order valence-electron chi connectivity index (χ2n) is 6.95. The van der Waals surface area contributed by atoms with Crippen LogP contribution in [0.15, 0.2) is 0 Å². The van der Waals surface area contributed by atoms with Gasteiger partial charge in [0.15, 0.2) is 0 Å². The molecule has 3 heterocycles. The largest absolute Gasteiger partial charge is 0.379 e. The third-order valence-electron chi connectivity index (χ3n) is 5.04. The first kappa shape index (κ1) is 17.3. The van der Waals surface area contributed by atoms with E-state index < -0.39 is 0 Å². The Balaban J connectivity index is 1.57. The maximum absolute atomic E-state index is 12.6. The van der Waals surface area contributed by atoms with Crippen molar-refractivity contribution in [3.05, 3.63) is 0 Å². The second-order valence-corrected chi connectivity index (χ2v) is 8.05. The highest BCUT2D eigenvalue weighted by Crippen LogP contribution is 2.33. The molecule has 3 aliphatic rings. The number of hydrogen-bond acceptors (Lipinski definition) is 5. The lowest BCUT2D eigenvalue weighted by Gasteiger charge is -2.43. The summed E-state index contributed by atoms with van der Waals surface area (Å²) in [4.78, 5) is 17.0. The van der Waals surface area contributed by atoms with Gasteiger partial charge in [0.2, 0.25) is 0 Å². The van der Waals surface area contributed by atoms with Gasteiger partial charge in [-0.15, -0.1) is 0 Å². The fourth-order valence-electron chi connectivity index (χ4n) is 3.83. The molecule has 23 heavy (non-hydrogen) atoms. The first-order valence-corrected chi connectivity index (χ1v) is 9.83. The van der Waals surface area contributed by atoms with E-state index >= 15 is 0 Å². The van der Waals surface area contributed by atoms with Crippen molar-refractivity contribution in [3.63, 3.8) is 0 Å². The summed E-state index contributed by atoms with van der Waals surface area (Å²) in [5.41, 5.74) is 0.105. The van der Waals surface area contributed by atoms with E-state index in [9.17, 15) is 4.79 Å². The Morgan fingerprint density at radius 1 is 1.26 bits per heavy atom. The summed E-state index contributed by atoms with van der Waals surface area (Å²) in [6.07, 6.45) is 1.37. The molecule has 0 spiro atoms. The SMILES string of the molecule is C[C@@H]1CN(C(=O)NC[C@]2(N3CCOCC3)CCSC2)C[C@H](C)O1. The molecular formula is C16H29N3O3S. The molecular weight excluding hydrogens is 314 g/mol. The Hall–Kier alpha value is -0.500. The van der Waals surface area contributed by atoms with Crippen molar-refractivity contribution in [2.45, 2.75) is 38.0 Å². The number of rotatable bonds is 3. The fraction of sp³-hybridized carbons (Fsp3) is 0.938. The molecule has 132 valence electrons. The predicted molar refractivity (Wildman–Crippen MR) is 92.0 cm³/mol. The van der Waals surface area contributed by atoms with E-state index in [1.165, 1.54) is 5.75 Å². The molecule has 0 aromatic carbocycles. The summed E-state index contributed by atoms with van der Waals surface area (Å²) in [6, 6.07) is 0.0523. The minimum absolute atomic E-state index is 0.0523. The third-order valence-corrected chi connectivity index (χ3v) is 6.27. The Morgan fingerprint density at radius 3 is 2.57 bits per heavy atom. The van der Waals surface area contributed by atoms with E-state index in [0.717, 1.165) is 45.0 Å². The highest BCUT2D eigenvalue weighted by atomic mass is 32.2. The van der Waals surface area contributed by atoms with E-state index in [1.54, 1.807) is 0 Å². The van der Waals surface area contributed by atoms with Crippen LogP contribution in [0.5, 0.6) is 0 Å². The molecule has 3 saturated heterocycles. The molecule has 1 N–H and O–H groups in total. The Bertz CT molecular complexity index is 401. The number of ether oxygens (including phenoxy) is 2. The summed E-state index contributed by atoms with van der Waals surface area (Å²) < 4.78 is 11.2. The average Bonchev–Trinajstić information content (AvgIpc) is 3.03. The highest BCUT2D eigenvalue weighted by Gasteiger charge is 2.41. The smallest absolute Gasteiger partial charge is 0.317 e. The van der Waals surface area contributed by atoms with Crippen molar-refractivity contribution in [2.75, 3.05) is 57.4 Å². The number of nitrogens with one attached hydrogen (secondary N) is 1. The first-order valence-electron chi connectivity index (χ1n) is 8.68. The second kappa shape index (κ2) is 7.59. The Labute approximate surface area is 143 Å². The van der Waals surface area contributed by atoms with Gasteiger partial charge in [-0.25, -0.2) is 4.79 Å². The molecule has 0 bridgehead atoms. The summed E-state index contributed by atoms with van der Waals surface area (Å²) in [5.74, 6) is 2.28. The minimum Gasteiger partial charge on any atom is -0.379 e. The van der Waals surface area contributed by atoms with Crippen molar-refractivity contribution in [1.29, 1.82) is 0 Å². The molecule has 7 heteroatoms. The number of hydrogen-bond donors (Lipinski definition) is 1.